The Balaban J connectivity index is 1.58. The Morgan fingerprint density at radius 1 is 1.04 bits per heavy atom. The molecule has 0 saturated heterocycles. The van der Waals surface area contributed by atoms with Gasteiger partial charge in [0.05, 0.1) is 0 Å². The van der Waals surface area contributed by atoms with Gasteiger partial charge < -0.3 is 4.84 Å². The molecule has 3 rings (SSSR count). The van der Waals surface area contributed by atoms with Crippen LogP contribution in [-0.4, -0.2) is 6.21 Å². The van der Waals surface area contributed by atoms with Crippen LogP contribution in [0.4, 0.5) is 0 Å². The molecule has 23 heavy (non-hydrogen) atoms. The Morgan fingerprint density at radius 3 is 2.70 bits per heavy atom. The lowest BCUT2D eigenvalue weighted by atomic mass is 9.84. The van der Waals surface area contributed by atoms with E-state index in [0.29, 0.717) is 17.5 Å². The second-order valence-corrected chi connectivity index (χ2v) is 6.44. The summed E-state index contributed by atoms with van der Waals surface area (Å²) in [6.45, 7) is 0.356. The van der Waals surface area contributed by atoms with Gasteiger partial charge in [-0.25, -0.2) is 0 Å². The van der Waals surface area contributed by atoms with Crippen molar-refractivity contribution in [3.05, 3.63) is 70.2 Å². The van der Waals surface area contributed by atoms with Gasteiger partial charge >= 0.3 is 0 Å². The number of rotatable bonds is 5. The van der Waals surface area contributed by atoms with Crippen molar-refractivity contribution in [2.24, 2.45) is 5.16 Å². The van der Waals surface area contributed by atoms with Crippen LogP contribution >= 0.6 is 11.6 Å². The summed E-state index contributed by atoms with van der Waals surface area (Å²) >= 11 is 6.08. The van der Waals surface area contributed by atoms with Crippen molar-refractivity contribution in [2.75, 3.05) is 0 Å². The first-order valence-electron chi connectivity index (χ1n) is 8.24. The average molecular weight is 327 g/mol. The normalized spacial score (nSPS) is 15.9. The predicted molar refractivity (Wildman–Crippen MR) is 95.0 cm³/mol. The van der Waals surface area contributed by atoms with Gasteiger partial charge in [-0.1, -0.05) is 72.4 Å². The van der Waals surface area contributed by atoms with E-state index < -0.39 is 0 Å². The third kappa shape index (κ3) is 4.59. The first-order valence-corrected chi connectivity index (χ1v) is 8.62. The number of benzene rings is 2. The van der Waals surface area contributed by atoms with Gasteiger partial charge in [-0.2, -0.15) is 0 Å². The van der Waals surface area contributed by atoms with Crippen LogP contribution < -0.4 is 0 Å². The number of hydrogen-bond donors (Lipinski definition) is 0. The Morgan fingerprint density at radius 2 is 1.87 bits per heavy atom. The fourth-order valence-corrected chi connectivity index (χ4v) is 3.29. The lowest BCUT2D eigenvalue weighted by molar-refractivity contribution is 0.132. The van der Waals surface area contributed by atoms with Gasteiger partial charge in [-0.3, -0.25) is 0 Å². The van der Waals surface area contributed by atoms with Gasteiger partial charge in [-0.15, -0.1) is 0 Å². The SMILES string of the molecule is Clc1ccccc1CO/N=[C]\c1cccc(C2CCCCC2)c1. The average Bonchev–Trinajstić information content (AvgIpc) is 2.61. The second kappa shape index (κ2) is 8.16. The van der Waals surface area contributed by atoms with Gasteiger partial charge in [0.25, 0.3) is 0 Å². The first-order chi connectivity index (χ1) is 11.3. The third-order valence-corrected chi connectivity index (χ3v) is 4.75. The Hall–Kier alpha value is -1.80. The van der Waals surface area contributed by atoms with E-state index in [4.69, 9.17) is 16.4 Å². The lowest BCUT2D eigenvalue weighted by Gasteiger charge is -2.22. The quantitative estimate of drug-likeness (QED) is 0.501. The smallest absolute Gasteiger partial charge is 0.143 e. The zero-order valence-corrected chi connectivity index (χ0v) is 13.9. The molecule has 2 aromatic carbocycles. The van der Waals surface area contributed by atoms with E-state index in [2.05, 4.69) is 29.6 Å². The van der Waals surface area contributed by atoms with Gasteiger partial charge in [0.15, 0.2) is 0 Å². The van der Waals surface area contributed by atoms with Gasteiger partial charge in [-0.05, 0) is 36.5 Å². The van der Waals surface area contributed by atoms with Crippen molar-refractivity contribution >= 4 is 17.8 Å². The van der Waals surface area contributed by atoms with E-state index in [-0.39, 0.29) is 0 Å². The van der Waals surface area contributed by atoms with E-state index in [1.807, 2.05) is 30.3 Å². The third-order valence-electron chi connectivity index (χ3n) is 4.38. The van der Waals surface area contributed by atoms with E-state index in [1.54, 1.807) is 0 Å². The molecule has 0 N–H and O–H groups in total. The number of nitrogens with zero attached hydrogens (tertiary/aromatic N) is 1. The Bertz CT molecular complexity index is 662. The summed E-state index contributed by atoms with van der Waals surface area (Å²) in [7, 11) is 0. The Labute approximate surface area is 143 Å². The summed E-state index contributed by atoms with van der Waals surface area (Å²) in [6, 6.07) is 16.1. The van der Waals surface area contributed by atoms with Crippen LogP contribution in [0.25, 0.3) is 0 Å². The monoisotopic (exact) mass is 326 g/mol. The van der Waals surface area contributed by atoms with E-state index >= 15 is 0 Å². The van der Waals surface area contributed by atoms with E-state index in [9.17, 15) is 0 Å². The van der Waals surface area contributed by atoms with E-state index in [1.165, 1.54) is 37.7 Å². The first kappa shape index (κ1) is 16.1. The lowest BCUT2D eigenvalue weighted by Crippen LogP contribution is -2.04. The molecular weight excluding hydrogens is 306 g/mol. The molecule has 2 nitrogen and oxygen atoms in total. The Kier molecular flexibility index (Phi) is 5.71. The molecule has 0 heterocycles. The van der Waals surface area contributed by atoms with Crippen LogP contribution in [0.3, 0.4) is 0 Å². The predicted octanol–water partition coefficient (Wildman–Crippen LogP) is 5.82. The summed E-state index contributed by atoms with van der Waals surface area (Å²) in [5.74, 6) is 0.689. The molecule has 1 saturated carbocycles. The molecule has 0 atom stereocenters. The molecule has 0 spiro atoms. The topological polar surface area (TPSA) is 21.6 Å². The van der Waals surface area contributed by atoms with Crippen LogP contribution in [0.15, 0.2) is 53.7 Å². The number of hydrogen-bond acceptors (Lipinski definition) is 2. The molecule has 1 radical (unpaired) electrons. The van der Waals surface area contributed by atoms with Gasteiger partial charge in [0, 0.05) is 16.1 Å². The summed E-state index contributed by atoms with van der Waals surface area (Å²) in [5, 5.41) is 4.65. The van der Waals surface area contributed by atoms with Crippen molar-refractivity contribution in [3.63, 3.8) is 0 Å². The zero-order chi connectivity index (χ0) is 15.9. The zero-order valence-electron chi connectivity index (χ0n) is 13.2. The largest absolute Gasteiger partial charge is 0.390 e. The molecular formula is C20H21ClNO. The highest BCUT2D eigenvalue weighted by Crippen LogP contribution is 2.32. The van der Waals surface area contributed by atoms with Crippen molar-refractivity contribution < 1.29 is 4.84 Å². The molecule has 2 aromatic rings. The van der Waals surface area contributed by atoms with Crippen molar-refractivity contribution in [1.82, 2.24) is 0 Å². The summed E-state index contributed by atoms with van der Waals surface area (Å²) in [6.07, 6.45) is 9.62. The number of halogens is 1. The summed E-state index contributed by atoms with van der Waals surface area (Å²) < 4.78 is 0. The van der Waals surface area contributed by atoms with Gasteiger partial charge in [0.2, 0.25) is 0 Å². The molecule has 119 valence electrons. The minimum atomic E-state index is 0.356. The molecule has 1 aliphatic carbocycles. The fourth-order valence-electron chi connectivity index (χ4n) is 3.10. The molecule has 1 fully saturated rings. The van der Waals surface area contributed by atoms with Crippen molar-refractivity contribution in [2.45, 2.75) is 44.6 Å². The van der Waals surface area contributed by atoms with Crippen LogP contribution in [-0.2, 0) is 11.4 Å². The van der Waals surface area contributed by atoms with Gasteiger partial charge in [0.1, 0.15) is 12.8 Å². The minimum Gasteiger partial charge on any atom is -0.390 e. The molecule has 0 aliphatic heterocycles. The highest BCUT2D eigenvalue weighted by Gasteiger charge is 2.15. The summed E-state index contributed by atoms with van der Waals surface area (Å²) in [4.78, 5) is 5.32. The molecule has 0 amide bonds. The maximum Gasteiger partial charge on any atom is 0.143 e. The van der Waals surface area contributed by atoms with Crippen molar-refractivity contribution in [3.8, 4) is 0 Å². The standard InChI is InChI=1S/C20H21ClNO/c21-20-12-5-4-10-19(20)15-23-22-14-16-7-6-11-18(13-16)17-8-2-1-3-9-17/h4-7,10-13,17H,1-3,8-9,15H2. The summed E-state index contributed by atoms with van der Waals surface area (Å²) in [5.41, 5.74) is 3.29. The van der Waals surface area contributed by atoms with Crippen molar-refractivity contribution in [1.29, 1.82) is 0 Å². The van der Waals surface area contributed by atoms with E-state index in [0.717, 1.165) is 11.1 Å². The van der Waals surface area contributed by atoms with Crippen LogP contribution in [0, 0.1) is 0 Å². The molecule has 0 aromatic heterocycles. The minimum absolute atomic E-state index is 0.356. The second-order valence-electron chi connectivity index (χ2n) is 6.03. The molecule has 0 unspecified atom stereocenters. The maximum absolute atomic E-state index is 6.08. The fraction of sp³-hybridized carbons (Fsp3) is 0.350. The highest BCUT2D eigenvalue weighted by molar-refractivity contribution is 6.31. The van der Waals surface area contributed by atoms with Crippen LogP contribution in [0.5, 0.6) is 0 Å². The highest BCUT2D eigenvalue weighted by atomic mass is 35.5. The maximum atomic E-state index is 6.08. The molecule has 3 heteroatoms. The van der Waals surface area contributed by atoms with Crippen LogP contribution in [0.1, 0.15) is 54.7 Å². The molecule has 1 aliphatic rings. The molecule has 0 bridgehead atoms. The van der Waals surface area contributed by atoms with Crippen LogP contribution in [0.2, 0.25) is 5.02 Å².